The molecule has 0 spiro atoms. The highest BCUT2D eigenvalue weighted by Crippen LogP contribution is 2.55. The van der Waals surface area contributed by atoms with E-state index in [9.17, 15) is 4.79 Å². The smallest absolute Gasteiger partial charge is 0.220 e. The fourth-order valence-corrected chi connectivity index (χ4v) is 4.91. The van der Waals surface area contributed by atoms with Crippen LogP contribution in [0.1, 0.15) is 39.0 Å². The van der Waals surface area contributed by atoms with E-state index < -0.39 is 0 Å². The Hall–Kier alpha value is -1.04. The number of carbonyl (C=O) groups is 1. The lowest BCUT2D eigenvalue weighted by molar-refractivity contribution is -0.140. The van der Waals surface area contributed by atoms with Gasteiger partial charge >= 0.3 is 0 Å². The molecule has 3 nitrogen and oxygen atoms in total. The molecular formula is C14H20N2O. The Morgan fingerprint density at radius 2 is 1.71 bits per heavy atom. The van der Waals surface area contributed by atoms with Gasteiger partial charge in [-0.3, -0.25) is 4.79 Å². The molecule has 4 aliphatic rings. The highest BCUT2D eigenvalue weighted by Gasteiger charge is 2.50. The minimum Gasteiger partial charge on any atom is -0.326 e. The van der Waals surface area contributed by atoms with E-state index in [1.807, 2.05) is 4.90 Å². The predicted octanol–water partition coefficient (Wildman–Crippen LogP) is 2.18. The topological polar surface area (TPSA) is 44.1 Å². The van der Waals surface area contributed by atoms with Gasteiger partial charge in [-0.05, 0) is 55.8 Å². The number of amides is 1. The second kappa shape index (κ2) is 4.01. The van der Waals surface area contributed by atoms with E-state index in [1.54, 1.807) is 6.92 Å². The molecule has 0 aromatic carbocycles. The van der Waals surface area contributed by atoms with Gasteiger partial charge < -0.3 is 4.90 Å². The van der Waals surface area contributed by atoms with Crippen LogP contribution in [0, 0.1) is 35.0 Å². The Morgan fingerprint density at radius 1 is 1.18 bits per heavy atom. The highest BCUT2D eigenvalue weighted by atomic mass is 16.2. The van der Waals surface area contributed by atoms with Crippen molar-refractivity contribution >= 4 is 5.91 Å². The van der Waals surface area contributed by atoms with Gasteiger partial charge in [0.1, 0.15) is 6.54 Å². The molecule has 92 valence electrons. The normalized spacial score (nSPS) is 42.2. The zero-order valence-electron chi connectivity index (χ0n) is 10.4. The maximum absolute atomic E-state index is 11.7. The van der Waals surface area contributed by atoms with E-state index >= 15 is 0 Å². The van der Waals surface area contributed by atoms with E-state index in [2.05, 4.69) is 6.07 Å². The molecule has 4 rings (SSSR count). The number of rotatable bonds is 2. The van der Waals surface area contributed by atoms with E-state index in [0.717, 1.165) is 11.8 Å². The molecule has 1 amide bonds. The lowest BCUT2D eigenvalue weighted by Gasteiger charge is -2.56. The van der Waals surface area contributed by atoms with Crippen LogP contribution in [-0.2, 0) is 4.79 Å². The summed E-state index contributed by atoms with van der Waals surface area (Å²) < 4.78 is 0. The molecule has 0 unspecified atom stereocenters. The van der Waals surface area contributed by atoms with Crippen LogP contribution < -0.4 is 0 Å². The van der Waals surface area contributed by atoms with E-state index in [4.69, 9.17) is 5.26 Å². The van der Waals surface area contributed by atoms with Crippen LogP contribution in [0.5, 0.6) is 0 Å². The molecule has 4 fully saturated rings. The van der Waals surface area contributed by atoms with Crippen LogP contribution in [0.25, 0.3) is 0 Å². The van der Waals surface area contributed by atoms with Crippen LogP contribution in [-0.4, -0.2) is 23.4 Å². The van der Waals surface area contributed by atoms with Gasteiger partial charge in [-0.15, -0.1) is 0 Å². The minimum atomic E-state index is 0.0871. The summed E-state index contributed by atoms with van der Waals surface area (Å²) >= 11 is 0. The molecule has 0 saturated heterocycles. The first-order valence-electron chi connectivity index (χ1n) is 6.83. The molecule has 0 N–H and O–H groups in total. The number of carbonyl (C=O) groups excluding carboxylic acids is 1. The van der Waals surface area contributed by atoms with E-state index in [1.165, 1.54) is 32.1 Å². The number of hydrogen-bond acceptors (Lipinski definition) is 2. The Balaban J connectivity index is 1.83. The summed E-state index contributed by atoms with van der Waals surface area (Å²) in [5.74, 6) is 3.30. The first-order chi connectivity index (χ1) is 8.19. The second-order valence-electron chi connectivity index (χ2n) is 6.23. The van der Waals surface area contributed by atoms with Gasteiger partial charge in [-0.25, -0.2) is 0 Å². The standard InChI is InChI=1S/C14H20N2O/c1-9(17)16(3-2-15)14-12-5-10-4-11(7-12)8-13(14)6-10/h10-14H,3-8H2,1H3. The van der Waals surface area contributed by atoms with E-state index in [-0.39, 0.29) is 12.5 Å². The molecule has 4 saturated carbocycles. The molecule has 0 aliphatic heterocycles. The lowest BCUT2D eigenvalue weighted by atomic mass is 9.54. The summed E-state index contributed by atoms with van der Waals surface area (Å²) in [5.41, 5.74) is 0. The Bertz CT molecular complexity index is 343. The average molecular weight is 232 g/mol. The summed E-state index contributed by atoms with van der Waals surface area (Å²) in [6.45, 7) is 1.89. The maximum atomic E-state index is 11.7. The van der Waals surface area contributed by atoms with Crippen LogP contribution in [0.4, 0.5) is 0 Å². The van der Waals surface area contributed by atoms with Crippen molar-refractivity contribution in [1.82, 2.24) is 4.90 Å². The molecule has 4 aliphatic carbocycles. The van der Waals surface area contributed by atoms with Gasteiger partial charge in [0.05, 0.1) is 6.07 Å². The van der Waals surface area contributed by atoms with Gasteiger partial charge in [0.15, 0.2) is 0 Å². The molecule has 3 heteroatoms. The van der Waals surface area contributed by atoms with Crippen molar-refractivity contribution in [2.45, 2.75) is 45.1 Å². The molecular weight excluding hydrogens is 212 g/mol. The third kappa shape index (κ3) is 1.74. The summed E-state index contributed by atoms with van der Waals surface area (Å²) in [4.78, 5) is 13.6. The number of hydrogen-bond donors (Lipinski definition) is 0. The first-order valence-corrected chi connectivity index (χ1v) is 6.83. The van der Waals surface area contributed by atoms with Gasteiger partial charge in [-0.1, -0.05) is 0 Å². The predicted molar refractivity (Wildman–Crippen MR) is 63.8 cm³/mol. The third-order valence-corrected chi connectivity index (χ3v) is 5.18. The molecule has 0 heterocycles. The van der Waals surface area contributed by atoms with Crippen LogP contribution in [0.2, 0.25) is 0 Å². The van der Waals surface area contributed by atoms with Gasteiger partial charge in [0.2, 0.25) is 5.91 Å². The van der Waals surface area contributed by atoms with Gasteiger partial charge in [-0.2, -0.15) is 5.26 Å². The molecule has 17 heavy (non-hydrogen) atoms. The molecule has 0 atom stereocenters. The largest absolute Gasteiger partial charge is 0.326 e. The van der Waals surface area contributed by atoms with Crippen LogP contribution in [0.3, 0.4) is 0 Å². The van der Waals surface area contributed by atoms with Crippen molar-refractivity contribution < 1.29 is 4.79 Å². The molecule has 0 aromatic rings. The summed E-state index contributed by atoms with van der Waals surface area (Å²) in [7, 11) is 0. The minimum absolute atomic E-state index is 0.0871. The second-order valence-corrected chi connectivity index (χ2v) is 6.23. The number of nitriles is 1. The monoisotopic (exact) mass is 232 g/mol. The van der Waals surface area contributed by atoms with Crippen molar-refractivity contribution in [2.24, 2.45) is 23.7 Å². The van der Waals surface area contributed by atoms with Crippen LogP contribution >= 0.6 is 0 Å². The maximum Gasteiger partial charge on any atom is 0.220 e. The third-order valence-electron chi connectivity index (χ3n) is 5.18. The SMILES string of the molecule is CC(=O)N(CC#N)C1C2CC3CC(C2)CC1C3. The molecule has 4 bridgehead atoms. The summed E-state index contributed by atoms with van der Waals surface area (Å²) in [5, 5.41) is 8.90. The fraction of sp³-hybridized carbons (Fsp3) is 0.857. The lowest BCUT2D eigenvalue weighted by Crippen LogP contribution is -2.57. The fourth-order valence-electron chi connectivity index (χ4n) is 4.91. The summed E-state index contributed by atoms with van der Waals surface area (Å²) in [6.07, 6.45) is 6.62. The Labute approximate surface area is 103 Å². The van der Waals surface area contributed by atoms with Crippen molar-refractivity contribution in [3.63, 3.8) is 0 Å². The van der Waals surface area contributed by atoms with Crippen molar-refractivity contribution in [3.8, 4) is 6.07 Å². The molecule has 0 radical (unpaired) electrons. The quantitative estimate of drug-likeness (QED) is 0.685. The van der Waals surface area contributed by atoms with E-state index in [0.29, 0.717) is 17.9 Å². The number of nitrogens with zero attached hydrogens (tertiary/aromatic N) is 2. The Kier molecular flexibility index (Phi) is 2.61. The zero-order chi connectivity index (χ0) is 12.0. The Morgan fingerprint density at radius 3 is 2.12 bits per heavy atom. The summed E-state index contributed by atoms with van der Waals surface area (Å²) in [6, 6.07) is 2.54. The zero-order valence-corrected chi connectivity index (χ0v) is 10.4. The highest BCUT2D eigenvalue weighted by molar-refractivity contribution is 5.74. The first kappa shape index (κ1) is 11.1. The van der Waals surface area contributed by atoms with Gasteiger partial charge in [0, 0.05) is 13.0 Å². The van der Waals surface area contributed by atoms with Crippen LogP contribution in [0.15, 0.2) is 0 Å². The van der Waals surface area contributed by atoms with Gasteiger partial charge in [0.25, 0.3) is 0 Å². The van der Waals surface area contributed by atoms with Crippen molar-refractivity contribution in [2.75, 3.05) is 6.54 Å². The van der Waals surface area contributed by atoms with Crippen molar-refractivity contribution in [3.05, 3.63) is 0 Å². The molecule has 0 aromatic heterocycles. The average Bonchev–Trinajstić information content (AvgIpc) is 2.26. The van der Waals surface area contributed by atoms with Crippen molar-refractivity contribution in [1.29, 1.82) is 5.26 Å².